The molecule has 32 heavy (non-hydrogen) atoms. The van der Waals surface area contributed by atoms with Gasteiger partial charge in [0.1, 0.15) is 11.9 Å². The summed E-state index contributed by atoms with van der Waals surface area (Å²) in [7, 11) is -4.24. The molecule has 1 fully saturated rings. The van der Waals surface area contributed by atoms with Crippen LogP contribution in [0.3, 0.4) is 0 Å². The molecule has 164 valence electrons. The summed E-state index contributed by atoms with van der Waals surface area (Å²) in [5, 5.41) is 0. The number of imide groups is 1. The summed E-state index contributed by atoms with van der Waals surface area (Å²) in [5.41, 5.74) is 1.05. The largest absolute Gasteiger partial charge is 0.274 e. The number of halogens is 1. The van der Waals surface area contributed by atoms with Crippen molar-refractivity contribution in [3.8, 4) is 0 Å². The van der Waals surface area contributed by atoms with E-state index in [4.69, 9.17) is 0 Å². The van der Waals surface area contributed by atoms with Gasteiger partial charge in [-0.3, -0.25) is 9.59 Å². The van der Waals surface area contributed by atoms with Crippen LogP contribution in [0.2, 0.25) is 0 Å². The molecule has 0 N–H and O–H groups in total. The molecule has 1 aliphatic rings. The van der Waals surface area contributed by atoms with Crippen molar-refractivity contribution >= 4 is 27.5 Å². The summed E-state index contributed by atoms with van der Waals surface area (Å²) in [4.78, 5) is 27.0. The monoisotopic (exact) mass is 452 g/mol. The lowest BCUT2D eigenvalue weighted by molar-refractivity contribution is -0.122. The van der Waals surface area contributed by atoms with Crippen LogP contribution in [-0.2, 0) is 19.6 Å². The molecular formula is C24H21FN2O4S. The van der Waals surface area contributed by atoms with E-state index in [0.29, 0.717) is 11.3 Å². The highest BCUT2D eigenvalue weighted by Crippen LogP contribution is 2.35. The number of sulfonamides is 1. The number of amides is 2. The number of nitrogens with zero attached hydrogens (tertiary/aromatic N) is 2. The first-order chi connectivity index (χ1) is 15.3. The second-order valence-electron chi connectivity index (χ2n) is 7.50. The number of hydrogen-bond donors (Lipinski definition) is 0. The maximum absolute atomic E-state index is 13.7. The van der Waals surface area contributed by atoms with Gasteiger partial charge >= 0.3 is 0 Å². The number of carbonyl (C=O) groups is 2. The van der Waals surface area contributed by atoms with Gasteiger partial charge in [-0.1, -0.05) is 48.5 Å². The van der Waals surface area contributed by atoms with Gasteiger partial charge in [-0.2, -0.15) is 4.31 Å². The topological polar surface area (TPSA) is 74.8 Å². The van der Waals surface area contributed by atoms with Crippen LogP contribution in [0.15, 0.2) is 89.8 Å². The predicted molar refractivity (Wildman–Crippen MR) is 118 cm³/mol. The molecule has 2 unspecified atom stereocenters. The Morgan fingerprint density at radius 3 is 2.06 bits per heavy atom. The fourth-order valence-electron chi connectivity index (χ4n) is 3.92. The van der Waals surface area contributed by atoms with Gasteiger partial charge in [0.2, 0.25) is 15.9 Å². The summed E-state index contributed by atoms with van der Waals surface area (Å²) in [5.74, 6) is -1.67. The zero-order valence-corrected chi connectivity index (χ0v) is 18.1. The Labute approximate surface area is 185 Å². The van der Waals surface area contributed by atoms with E-state index in [1.54, 1.807) is 67.6 Å². The van der Waals surface area contributed by atoms with E-state index in [-0.39, 0.29) is 11.3 Å². The molecule has 6 nitrogen and oxygen atoms in total. The molecule has 0 saturated carbocycles. The van der Waals surface area contributed by atoms with Gasteiger partial charge in [-0.05, 0) is 48.9 Å². The van der Waals surface area contributed by atoms with Gasteiger partial charge in [0.25, 0.3) is 5.91 Å². The van der Waals surface area contributed by atoms with Crippen molar-refractivity contribution in [3.63, 3.8) is 0 Å². The van der Waals surface area contributed by atoms with Crippen LogP contribution in [0.25, 0.3) is 0 Å². The molecule has 1 aliphatic heterocycles. The minimum atomic E-state index is -4.24. The van der Waals surface area contributed by atoms with E-state index in [1.807, 2.05) is 0 Å². The Hall–Kier alpha value is -3.36. The lowest BCUT2D eigenvalue weighted by atomic mass is 10.1. The van der Waals surface area contributed by atoms with Gasteiger partial charge in [-0.15, -0.1) is 0 Å². The van der Waals surface area contributed by atoms with Crippen LogP contribution in [0, 0.1) is 5.82 Å². The molecule has 8 heteroatoms. The third kappa shape index (κ3) is 3.94. The highest BCUT2D eigenvalue weighted by molar-refractivity contribution is 7.89. The SMILES string of the molecule is CC(c1ccccc1)N(C1CC(=O)N(c2ccccc2)C1=O)S(=O)(=O)c1ccc(F)cc1. The Morgan fingerprint density at radius 2 is 1.47 bits per heavy atom. The Morgan fingerprint density at radius 1 is 0.906 bits per heavy atom. The van der Waals surface area contributed by atoms with Crippen molar-refractivity contribution < 1.29 is 22.4 Å². The molecule has 2 atom stereocenters. The standard InChI is InChI=1S/C24H21FN2O4S/c1-17(18-8-4-2-5-9-18)27(32(30,31)21-14-12-19(25)13-15-21)22-16-23(28)26(24(22)29)20-10-6-3-7-11-20/h2-15,17,22H,16H2,1H3. The lowest BCUT2D eigenvalue weighted by Crippen LogP contribution is -2.46. The van der Waals surface area contributed by atoms with Crippen LogP contribution >= 0.6 is 0 Å². The second-order valence-corrected chi connectivity index (χ2v) is 9.34. The fourth-order valence-corrected chi connectivity index (χ4v) is 5.68. The summed E-state index contributed by atoms with van der Waals surface area (Å²) < 4.78 is 41.8. The molecule has 3 aromatic rings. The van der Waals surface area contributed by atoms with E-state index in [9.17, 15) is 22.4 Å². The van der Waals surface area contributed by atoms with E-state index < -0.39 is 39.7 Å². The molecule has 0 aliphatic carbocycles. The van der Waals surface area contributed by atoms with Gasteiger partial charge in [0.05, 0.1) is 17.0 Å². The van der Waals surface area contributed by atoms with E-state index >= 15 is 0 Å². The first-order valence-electron chi connectivity index (χ1n) is 10.1. The third-order valence-corrected chi connectivity index (χ3v) is 7.49. The van der Waals surface area contributed by atoms with Crippen LogP contribution in [0.5, 0.6) is 0 Å². The zero-order chi connectivity index (χ0) is 22.9. The normalized spacial score (nSPS) is 17.7. The van der Waals surface area contributed by atoms with Crippen molar-refractivity contribution in [2.24, 2.45) is 0 Å². The fraction of sp³-hybridized carbons (Fsp3) is 0.167. The van der Waals surface area contributed by atoms with Crippen LogP contribution in [-0.4, -0.2) is 30.6 Å². The average molecular weight is 453 g/mol. The first kappa shape index (κ1) is 21.9. The summed E-state index contributed by atoms with van der Waals surface area (Å²) in [6.45, 7) is 1.67. The summed E-state index contributed by atoms with van der Waals surface area (Å²) in [6.07, 6.45) is -0.286. The molecule has 3 aromatic carbocycles. The van der Waals surface area contributed by atoms with Gasteiger partial charge < -0.3 is 0 Å². The van der Waals surface area contributed by atoms with Gasteiger partial charge in [0.15, 0.2) is 0 Å². The van der Waals surface area contributed by atoms with E-state index in [0.717, 1.165) is 33.5 Å². The number of anilines is 1. The molecular weight excluding hydrogens is 431 g/mol. The minimum absolute atomic E-state index is 0.153. The van der Waals surface area contributed by atoms with Crippen molar-refractivity contribution in [3.05, 3.63) is 96.3 Å². The van der Waals surface area contributed by atoms with Gasteiger partial charge in [-0.25, -0.2) is 17.7 Å². The molecule has 1 heterocycles. The highest BCUT2D eigenvalue weighted by atomic mass is 32.2. The number of benzene rings is 3. The quantitative estimate of drug-likeness (QED) is 0.532. The van der Waals surface area contributed by atoms with Crippen LogP contribution in [0.1, 0.15) is 24.9 Å². The average Bonchev–Trinajstić information content (AvgIpc) is 3.08. The minimum Gasteiger partial charge on any atom is -0.274 e. The maximum atomic E-state index is 13.7. The smallest absolute Gasteiger partial charge is 0.252 e. The molecule has 1 saturated heterocycles. The van der Waals surface area contributed by atoms with Crippen molar-refractivity contribution in [2.45, 2.75) is 30.3 Å². The van der Waals surface area contributed by atoms with Crippen LogP contribution < -0.4 is 4.90 Å². The Kier molecular flexibility index (Phi) is 5.90. The number of carbonyl (C=O) groups excluding carboxylic acids is 2. The van der Waals surface area contributed by atoms with Crippen molar-refractivity contribution in [1.29, 1.82) is 0 Å². The van der Waals surface area contributed by atoms with Gasteiger partial charge in [0, 0.05) is 6.04 Å². The Bertz CT molecular complexity index is 1230. The molecule has 0 aromatic heterocycles. The van der Waals surface area contributed by atoms with E-state index in [1.165, 1.54) is 0 Å². The number of para-hydroxylation sites is 1. The van der Waals surface area contributed by atoms with Crippen molar-refractivity contribution in [2.75, 3.05) is 4.90 Å². The lowest BCUT2D eigenvalue weighted by Gasteiger charge is -2.32. The number of hydrogen-bond acceptors (Lipinski definition) is 4. The third-order valence-electron chi connectivity index (χ3n) is 5.50. The second kappa shape index (κ2) is 8.64. The molecule has 0 bridgehead atoms. The molecule has 0 spiro atoms. The first-order valence-corrected chi connectivity index (χ1v) is 11.5. The van der Waals surface area contributed by atoms with Crippen molar-refractivity contribution in [1.82, 2.24) is 4.31 Å². The van der Waals surface area contributed by atoms with E-state index in [2.05, 4.69) is 0 Å². The maximum Gasteiger partial charge on any atom is 0.252 e. The highest BCUT2D eigenvalue weighted by Gasteiger charge is 2.48. The summed E-state index contributed by atoms with van der Waals surface area (Å²) in [6, 6.07) is 19.7. The summed E-state index contributed by atoms with van der Waals surface area (Å²) >= 11 is 0. The molecule has 4 rings (SSSR count). The number of rotatable bonds is 6. The van der Waals surface area contributed by atoms with Crippen LogP contribution in [0.4, 0.5) is 10.1 Å². The zero-order valence-electron chi connectivity index (χ0n) is 17.3. The predicted octanol–water partition coefficient (Wildman–Crippen LogP) is 3.91. The molecule has 2 amide bonds. The molecule has 0 radical (unpaired) electrons. The Balaban J connectivity index is 1.80.